The third-order valence-corrected chi connectivity index (χ3v) is 5.99. The number of hydrogen-bond donors (Lipinski definition) is 1. The number of hydrogen-bond acceptors (Lipinski definition) is 4. The van der Waals surface area contributed by atoms with Gasteiger partial charge in [0.05, 0.1) is 17.1 Å². The molecular formula is C23H25ClFN5O. The van der Waals surface area contributed by atoms with Crippen LogP contribution in [0.5, 0.6) is 0 Å². The standard InChI is InChI=1S/C23H24FN5O.ClH/c1-15-22(23(30)25-20-7-3-2-6-19(20)24)26-27-29(15)21-8-4-5-17-14-28(12-11-18(17)21)13-16-9-10-16;/h2-8,16H,9-14H2,1H3,(H,25,30);1H. The van der Waals surface area contributed by atoms with Gasteiger partial charge >= 0.3 is 0 Å². The number of rotatable bonds is 5. The molecule has 1 saturated carbocycles. The molecule has 2 aliphatic rings. The summed E-state index contributed by atoms with van der Waals surface area (Å²) in [4.78, 5) is 15.2. The first-order chi connectivity index (χ1) is 14.6. The minimum Gasteiger partial charge on any atom is -0.318 e. The summed E-state index contributed by atoms with van der Waals surface area (Å²) in [6.45, 7) is 4.99. The molecule has 1 N–H and O–H groups in total. The molecule has 1 fully saturated rings. The zero-order valence-corrected chi connectivity index (χ0v) is 18.2. The van der Waals surface area contributed by atoms with Crippen molar-refractivity contribution in [1.29, 1.82) is 0 Å². The monoisotopic (exact) mass is 441 g/mol. The molecule has 31 heavy (non-hydrogen) atoms. The number of nitrogens with one attached hydrogen (secondary N) is 1. The Kier molecular flexibility index (Phi) is 6.07. The molecule has 0 spiro atoms. The molecule has 0 radical (unpaired) electrons. The lowest BCUT2D eigenvalue weighted by molar-refractivity contribution is 0.102. The van der Waals surface area contributed by atoms with Crippen molar-refractivity contribution in [3.05, 3.63) is 70.8 Å². The molecule has 1 aliphatic carbocycles. The van der Waals surface area contributed by atoms with Crippen LogP contribution in [0.25, 0.3) is 5.69 Å². The molecule has 0 saturated heterocycles. The lowest BCUT2D eigenvalue weighted by Crippen LogP contribution is -2.32. The fourth-order valence-electron chi connectivity index (χ4n) is 4.18. The molecule has 2 heterocycles. The molecule has 0 atom stereocenters. The highest BCUT2D eigenvalue weighted by molar-refractivity contribution is 6.03. The van der Waals surface area contributed by atoms with Gasteiger partial charge < -0.3 is 5.32 Å². The van der Waals surface area contributed by atoms with Crippen LogP contribution < -0.4 is 5.32 Å². The molecule has 6 nitrogen and oxygen atoms in total. The van der Waals surface area contributed by atoms with Gasteiger partial charge in [-0.3, -0.25) is 9.69 Å². The number of amides is 1. The van der Waals surface area contributed by atoms with E-state index in [-0.39, 0.29) is 23.8 Å². The van der Waals surface area contributed by atoms with Crippen molar-refractivity contribution in [2.75, 3.05) is 18.4 Å². The summed E-state index contributed by atoms with van der Waals surface area (Å²) in [6, 6.07) is 12.3. The summed E-state index contributed by atoms with van der Waals surface area (Å²) < 4.78 is 15.6. The SMILES string of the molecule is Cc1c(C(=O)Nc2ccccc2F)nnn1-c1cccc2c1CCN(CC1CC1)C2.Cl. The summed E-state index contributed by atoms with van der Waals surface area (Å²) in [5.74, 6) is -0.0733. The average molecular weight is 442 g/mol. The smallest absolute Gasteiger partial charge is 0.278 e. The van der Waals surface area contributed by atoms with Crippen LogP contribution in [0, 0.1) is 18.7 Å². The molecule has 1 amide bonds. The minimum absolute atomic E-state index is 0. The molecule has 3 aromatic rings. The van der Waals surface area contributed by atoms with Gasteiger partial charge in [0, 0.05) is 19.6 Å². The van der Waals surface area contributed by atoms with Gasteiger partial charge in [0.1, 0.15) is 5.82 Å². The predicted molar refractivity (Wildman–Crippen MR) is 119 cm³/mol. The highest BCUT2D eigenvalue weighted by Gasteiger charge is 2.28. The number of carbonyl (C=O) groups excluding carboxylic acids is 1. The molecule has 1 aromatic heterocycles. The highest BCUT2D eigenvalue weighted by atomic mass is 35.5. The zero-order chi connectivity index (χ0) is 20.7. The summed E-state index contributed by atoms with van der Waals surface area (Å²) in [6.07, 6.45) is 3.67. The number of nitrogens with zero attached hydrogens (tertiary/aromatic N) is 4. The van der Waals surface area contributed by atoms with E-state index < -0.39 is 11.7 Å². The number of aromatic nitrogens is 3. The van der Waals surface area contributed by atoms with Crippen LogP contribution in [0.3, 0.4) is 0 Å². The van der Waals surface area contributed by atoms with Crippen molar-refractivity contribution < 1.29 is 9.18 Å². The quantitative estimate of drug-likeness (QED) is 0.645. The van der Waals surface area contributed by atoms with E-state index in [1.165, 1.54) is 42.6 Å². The third kappa shape index (κ3) is 4.34. The third-order valence-electron chi connectivity index (χ3n) is 5.99. The normalized spacial score (nSPS) is 15.8. The van der Waals surface area contributed by atoms with Crippen LogP contribution >= 0.6 is 12.4 Å². The Balaban J connectivity index is 0.00000231. The van der Waals surface area contributed by atoms with Gasteiger partial charge in [0.25, 0.3) is 5.91 Å². The number of benzene rings is 2. The van der Waals surface area contributed by atoms with Crippen LogP contribution in [-0.4, -0.2) is 38.9 Å². The number of carbonyl (C=O) groups is 1. The zero-order valence-electron chi connectivity index (χ0n) is 17.3. The molecule has 162 valence electrons. The fraction of sp³-hybridized carbons (Fsp3) is 0.348. The maximum Gasteiger partial charge on any atom is 0.278 e. The Morgan fingerprint density at radius 3 is 2.77 bits per heavy atom. The molecule has 5 rings (SSSR count). The van der Waals surface area contributed by atoms with E-state index in [2.05, 4.69) is 26.6 Å². The summed E-state index contributed by atoms with van der Waals surface area (Å²) in [5.41, 5.74) is 4.50. The molecular weight excluding hydrogens is 417 g/mol. The Hall–Kier alpha value is -2.77. The Bertz CT molecular complexity index is 1110. The summed E-state index contributed by atoms with van der Waals surface area (Å²) in [7, 11) is 0. The minimum atomic E-state index is -0.483. The van der Waals surface area contributed by atoms with E-state index >= 15 is 0 Å². The van der Waals surface area contributed by atoms with Gasteiger partial charge in [-0.15, -0.1) is 17.5 Å². The first kappa shape index (κ1) is 21.5. The van der Waals surface area contributed by atoms with E-state index in [0.717, 1.165) is 31.1 Å². The Morgan fingerprint density at radius 2 is 2.00 bits per heavy atom. The molecule has 8 heteroatoms. The van der Waals surface area contributed by atoms with Crippen LogP contribution in [0.1, 0.15) is 40.2 Å². The maximum absolute atomic E-state index is 13.9. The van der Waals surface area contributed by atoms with Crippen molar-refractivity contribution in [2.24, 2.45) is 5.92 Å². The van der Waals surface area contributed by atoms with Crippen molar-refractivity contribution in [3.8, 4) is 5.69 Å². The van der Waals surface area contributed by atoms with Crippen LogP contribution in [0.15, 0.2) is 42.5 Å². The second-order valence-corrected chi connectivity index (χ2v) is 8.21. The second-order valence-electron chi connectivity index (χ2n) is 8.21. The van der Waals surface area contributed by atoms with Gasteiger partial charge in [-0.05, 0) is 61.4 Å². The van der Waals surface area contributed by atoms with E-state index in [1.807, 2.05) is 19.1 Å². The Morgan fingerprint density at radius 1 is 1.19 bits per heavy atom. The first-order valence-electron chi connectivity index (χ1n) is 10.4. The second kappa shape index (κ2) is 8.77. The van der Waals surface area contributed by atoms with E-state index in [1.54, 1.807) is 16.8 Å². The van der Waals surface area contributed by atoms with Crippen molar-refractivity contribution in [3.63, 3.8) is 0 Å². The number of para-hydroxylation sites is 1. The summed E-state index contributed by atoms with van der Waals surface area (Å²) >= 11 is 0. The number of halogens is 2. The van der Waals surface area contributed by atoms with Gasteiger partial charge in [-0.1, -0.05) is 29.5 Å². The molecule has 0 bridgehead atoms. The van der Waals surface area contributed by atoms with Crippen LogP contribution in [-0.2, 0) is 13.0 Å². The van der Waals surface area contributed by atoms with E-state index in [9.17, 15) is 9.18 Å². The maximum atomic E-state index is 13.9. The first-order valence-corrected chi connectivity index (χ1v) is 10.4. The van der Waals surface area contributed by atoms with Gasteiger partial charge in [0.15, 0.2) is 5.69 Å². The average Bonchev–Trinajstić information content (AvgIpc) is 3.48. The fourth-order valence-corrected chi connectivity index (χ4v) is 4.18. The van der Waals surface area contributed by atoms with Gasteiger partial charge in [0.2, 0.25) is 0 Å². The molecule has 2 aromatic carbocycles. The van der Waals surface area contributed by atoms with Crippen LogP contribution in [0.4, 0.5) is 10.1 Å². The van der Waals surface area contributed by atoms with Gasteiger partial charge in [-0.25, -0.2) is 9.07 Å². The highest BCUT2D eigenvalue weighted by Crippen LogP contribution is 2.32. The lowest BCUT2D eigenvalue weighted by atomic mass is 9.97. The number of fused-ring (bicyclic) bond motifs is 1. The summed E-state index contributed by atoms with van der Waals surface area (Å²) in [5, 5.41) is 10.9. The largest absolute Gasteiger partial charge is 0.318 e. The Labute approximate surface area is 186 Å². The van der Waals surface area contributed by atoms with Crippen molar-refractivity contribution in [2.45, 2.75) is 32.7 Å². The molecule has 1 aliphatic heterocycles. The topological polar surface area (TPSA) is 63.1 Å². The van der Waals surface area contributed by atoms with Crippen LogP contribution in [0.2, 0.25) is 0 Å². The van der Waals surface area contributed by atoms with Crippen molar-refractivity contribution in [1.82, 2.24) is 19.9 Å². The number of anilines is 1. The van der Waals surface area contributed by atoms with E-state index in [4.69, 9.17) is 0 Å². The van der Waals surface area contributed by atoms with E-state index in [0.29, 0.717) is 5.69 Å². The van der Waals surface area contributed by atoms with Gasteiger partial charge in [-0.2, -0.15) is 0 Å². The predicted octanol–water partition coefficient (Wildman–Crippen LogP) is 4.16. The molecule has 0 unspecified atom stereocenters. The van der Waals surface area contributed by atoms with Crippen molar-refractivity contribution >= 4 is 24.0 Å². The lowest BCUT2D eigenvalue weighted by Gasteiger charge is -2.30.